The van der Waals surface area contributed by atoms with Gasteiger partial charge in [-0.15, -0.1) is 0 Å². The lowest BCUT2D eigenvalue weighted by atomic mass is 10.2. The van der Waals surface area contributed by atoms with Crippen LogP contribution in [0.25, 0.3) is 11.0 Å². The van der Waals surface area contributed by atoms with E-state index in [2.05, 4.69) is 5.32 Å². The second-order valence-corrected chi connectivity index (χ2v) is 4.40. The summed E-state index contributed by atoms with van der Waals surface area (Å²) in [7, 11) is 0. The van der Waals surface area contributed by atoms with Crippen molar-refractivity contribution >= 4 is 22.8 Å². The third-order valence-corrected chi connectivity index (χ3v) is 2.94. The monoisotopic (exact) mass is 285 g/mol. The van der Waals surface area contributed by atoms with Crippen molar-refractivity contribution in [2.24, 2.45) is 0 Å². The summed E-state index contributed by atoms with van der Waals surface area (Å²) in [6.45, 7) is 0.0865. The average Bonchev–Trinajstić information content (AvgIpc) is 3.11. The van der Waals surface area contributed by atoms with Crippen LogP contribution in [0.3, 0.4) is 0 Å². The van der Waals surface area contributed by atoms with Crippen LogP contribution < -0.4 is 5.32 Å². The van der Waals surface area contributed by atoms with Gasteiger partial charge in [-0.2, -0.15) is 0 Å². The predicted molar refractivity (Wildman–Crippen MR) is 73.1 cm³/mol. The topological polar surface area (TPSA) is 92.7 Å². The van der Waals surface area contributed by atoms with Gasteiger partial charge >= 0.3 is 5.97 Å². The normalized spacial score (nSPS) is 10.7. The molecule has 0 aliphatic carbocycles. The van der Waals surface area contributed by atoms with E-state index in [9.17, 15) is 9.59 Å². The van der Waals surface area contributed by atoms with Gasteiger partial charge in [0.2, 0.25) is 5.76 Å². The van der Waals surface area contributed by atoms with Crippen molar-refractivity contribution < 1.29 is 23.5 Å². The Morgan fingerprint density at radius 3 is 2.57 bits per heavy atom. The molecule has 0 saturated carbocycles. The molecule has 6 nitrogen and oxygen atoms in total. The molecular weight excluding hydrogens is 274 g/mol. The first-order valence-corrected chi connectivity index (χ1v) is 6.22. The van der Waals surface area contributed by atoms with Crippen LogP contribution in [0.1, 0.15) is 26.9 Å². The highest BCUT2D eigenvalue weighted by Gasteiger charge is 2.13. The number of rotatable bonds is 4. The fourth-order valence-corrected chi connectivity index (χ4v) is 1.94. The molecule has 0 aliphatic heterocycles. The van der Waals surface area contributed by atoms with Crippen LogP contribution in [-0.4, -0.2) is 17.0 Å². The van der Waals surface area contributed by atoms with E-state index in [1.165, 1.54) is 12.1 Å². The molecule has 2 aromatic heterocycles. The zero-order valence-electron chi connectivity index (χ0n) is 10.8. The molecule has 2 N–H and O–H groups in total. The summed E-state index contributed by atoms with van der Waals surface area (Å²) in [6.07, 6.45) is 0. The minimum absolute atomic E-state index is 0.0865. The average molecular weight is 285 g/mol. The maximum atomic E-state index is 12.0. The molecule has 6 heteroatoms. The highest BCUT2D eigenvalue weighted by Crippen LogP contribution is 2.18. The van der Waals surface area contributed by atoms with E-state index < -0.39 is 5.97 Å². The van der Waals surface area contributed by atoms with Crippen LogP contribution in [0.2, 0.25) is 0 Å². The molecule has 106 valence electrons. The molecule has 0 fully saturated rings. The Kier molecular flexibility index (Phi) is 3.19. The molecule has 2 heterocycles. The van der Waals surface area contributed by atoms with Crippen molar-refractivity contribution in [2.75, 3.05) is 0 Å². The quantitative estimate of drug-likeness (QED) is 0.768. The fraction of sp³-hybridized carbons (Fsp3) is 0.0667. The number of aromatic carboxylic acids is 1. The van der Waals surface area contributed by atoms with Gasteiger partial charge in [0.1, 0.15) is 11.3 Å². The molecule has 0 aliphatic rings. The molecule has 0 bridgehead atoms. The first kappa shape index (κ1) is 13.0. The van der Waals surface area contributed by atoms with Gasteiger partial charge in [0, 0.05) is 5.39 Å². The van der Waals surface area contributed by atoms with Gasteiger partial charge in [-0.1, -0.05) is 18.2 Å². The van der Waals surface area contributed by atoms with Gasteiger partial charge in [0.15, 0.2) is 5.76 Å². The Morgan fingerprint density at radius 1 is 1.05 bits per heavy atom. The molecule has 3 rings (SSSR count). The number of carboxylic acid groups (broad SMARTS) is 1. The number of hydrogen-bond donors (Lipinski definition) is 2. The minimum Gasteiger partial charge on any atom is -0.475 e. The maximum absolute atomic E-state index is 12.0. The SMILES string of the molecule is O=C(O)c1ccc(CNC(=O)c2cc3ccccc3o2)o1. The van der Waals surface area contributed by atoms with Crippen molar-refractivity contribution in [2.45, 2.75) is 6.54 Å². The molecule has 21 heavy (non-hydrogen) atoms. The van der Waals surface area contributed by atoms with E-state index in [0.717, 1.165) is 5.39 Å². The van der Waals surface area contributed by atoms with Gasteiger partial charge in [-0.3, -0.25) is 4.79 Å². The number of carbonyl (C=O) groups is 2. The van der Waals surface area contributed by atoms with E-state index in [-0.39, 0.29) is 24.0 Å². The highest BCUT2D eigenvalue weighted by atomic mass is 16.4. The van der Waals surface area contributed by atoms with Gasteiger partial charge in [0.05, 0.1) is 6.54 Å². The summed E-state index contributed by atoms with van der Waals surface area (Å²) < 4.78 is 10.5. The number of carboxylic acids is 1. The second-order valence-electron chi connectivity index (χ2n) is 4.40. The minimum atomic E-state index is -1.15. The van der Waals surface area contributed by atoms with Crippen LogP contribution in [0.15, 0.2) is 51.3 Å². The van der Waals surface area contributed by atoms with E-state index >= 15 is 0 Å². The summed E-state index contributed by atoms with van der Waals surface area (Å²) in [5, 5.41) is 12.2. The van der Waals surface area contributed by atoms with Gasteiger partial charge in [-0.05, 0) is 24.3 Å². The molecule has 1 amide bonds. The first-order valence-electron chi connectivity index (χ1n) is 6.22. The lowest BCUT2D eigenvalue weighted by Crippen LogP contribution is -2.21. The first-order chi connectivity index (χ1) is 10.1. The van der Waals surface area contributed by atoms with Crippen LogP contribution in [-0.2, 0) is 6.54 Å². The summed E-state index contributed by atoms with van der Waals surface area (Å²) in [6, 6.07) is 11.8. The van der Waals surface area contributed by atoms with Crippen molar-refractivity contribution in [3.8, 4) is 0 Å². The van der Waals surface area contributed by atoms with Crippen molar-refractivity contribution in [1.29, 1.82) is 0 Å². The molecule has 3 aromatic rings. The fourth-order valence-electron chi connectivity index (χ4n) is 1.94. The van der Waals surface area contributed by atoms with Gasteiger partial charge in [0.25, 0.3) is 5.91 Å². The molecule has 0 radical (unpaired) electrons. The van der Waals surface area contributed by atoms with Crippen molar-refractivity contribution in [3.05, 3.63) is 59.7 Å². The number of fused-ring (bicyclic) bond motifs is 1. The standard InChI is InChI=1S/C15H11NO5/c17-14(13-7-9-3-1-2-4-11(9)21-13)16-8-10-5-6-12(20-10)15(18)19/h1-7H,8H2,(H,16,17)(H,18,19). The van der Waals surface area contributed by atoms with Gasteiger partial charge < -0.3 is 19.3 Å². The maximum Gasteiger partial charge on any atom is 0.371 e. The summed E-state index contributed by atoms with van der Waals surface area (Å²) in [4.78, 5) is 22.6. The third kappa shape index (κ3) is 2.64. The molecular formula is C15H11NO5. The Balaban J connectivity index is 1.69. The Bertz CT molecular complexity index is 781. The largest absolute Gasteiger partial charge is 0.475 e. The van der Waals surface area contributed by atoms with E-state index in [4.69, 9.17) is 13.9 Å². The van der Waals surface area contributed by atoms with Crippen LogP contribution in [0.5, 0.6) is 0 Å². The zero-order chi connectivity index (χ0) is 14.8. The van der Waals surface area contributed by atoms with Crippen molar-refractivity contribution in [3.63, 3.8) is 0 Å². The molecule has 0 atom stereocenters. The summed E-state index contributed by atoms with van der Waals surface area (Å²) >= 11 is 0. The summed E-state index contributed by atoms with van der Waals surface area (Å²) in [5.41, 5.74) is 0.633. The van der Waals surface area contributed by atoms with Crippen molar-refractivity contribution in [1.82, 2.24) is 5.32 Å². The number of furan rings is 2. The molecule has 0 unspecified atom stereocenters. The number of benzene rings is 1. The number of carbonyl (C=O) groups excluding carboxylic acids is 1. The third-order valence-electron chi connectivity index (χ3n) is 2.94. The number of para-hydroxylation sites is 1. The van der Waals surface area contributed by atoms with Crippen LogP contribution in [0, 0.1) is 0 Å². The van der Waals surface area contributed by atoms with Gasteiger partial charge in [-0.25, -0.2) is 4.79 Å². The Morgan fingerprint density at radius 2 is 1.86 bits per heavy atom. The van der Waals surface area contributed by atoms with E-state index in [1.54, 1.807) is 12.1 Å². The highest BCUT2D eigenvalue weighted by molar-refractivity contribution is 5.96. The predicted octanol–water partition coefficient (Wildman–Crippen LogP) is 2.65. The molecule has 0 saturated heterocycles. The Labute approximate surface area is 119 Å². The van der Waals surface area contributed by atoms with E-state index in [1.807, 2.05) is 18.2 Å². The summed E-state index contributed by atoms with van der Waals surface area (Å²) in [5.74, 6) is -1.15. The Hall–Kier alpha value is -3.02. The lowest BCUT2D eigenvalue weighted by molar-refractivity contribution is 0.0660. The number of hydrogen-bond acceptors (Lipinski definition) is 4. The smallest absolute Gasteiger partial charge is 0.371 e. The number of amides is 1. The van der Waals surface area contributed by atoms with E-state index in [0.29, 0.717) is 11.3 Å². The van der Waals surface area contributed by atoms with Crippen LogP contribution >= 0.6 is 0 Å². The zero-order valence-corrected chi connectivity index (χ0v) is 10.8. The second kappa shape index (κ2) is 5.16. The molecule has 1 aromatic carbocycles. The molecule has 0 spiro atoms. The lowest BCUT2D eigenvalue weighted by Gasteiger charge is -1.99. The number of nitrogens with one attached hydrogen (secondary N) is 1. The van der Waals surface area contributed by atoms with Crippen LogP contribution in [0.4, 0.5) is 0 Å².